The van der Waals surface area contributed by atoms with Crippen molar-refractivity contribution in [3.05, 3.63) is 65.2 Å². The number of likely N-dealkylation sites (N-methyl/N-ethyl adjacent to an activating group) is 1. The Balaban J connectivity index is 1.47. The number of phenolic OH excluding ortho intramolecular Hbond substituents is 1. The Hall–Kier alpha value is -1.92. The highest BCUT2D eigenvalue weighted by Crippen LogP contribution is 2.21. The minimum atomic E-state index is -0.725. The van der Waals surface area contributed by atoms with Crippen molar-refractivity contribution in [3.63, 3.8) is 0 Å². The van der Waals surface area contributed by atoms with E-state index in [1.807, 2.05) is 26.2 Å². The van der Waals surface area contributed by atoms with Gasteiger partial charge in [-0.1, -0.05) is 36.4 Å². The van der Waals surface area contributed by atoms with Crippen LogP contribution < -0.4 is 10.6 Å². The lowest BCUT2D eigenvalue weighted by molar-refractivity contribution is 0.0808. The lowest BCUT2D eigenvalue weighted by atomic mass is 10.0. The van der Waals surface area contributed by atoms with Crippen LogP contribution in [0.4, 0.5) is 0 Å². The fourth-order valence-corrected chi connectivity index (χ4v) is 3.55. The molecule has 0 bridgehead atoms. The summed E-state index contributed by atoms with van der Waals surface area (Å²) >= 11 is 0. The molecular formula is C21H29N3O2. The van der Waals surface area contributed by atoms with Crippen molar-refractivity contribution in [2.45, 2.75) is 37.7 Å². The molecule has 5 heteroatoms. The van der Waals surface area contributed by atoms with Crippen molar-refractivity contribution in [2.24, 2.45) is 0 Å². The highest BCUT2D eigenvalue weighted by Gasteiger charge is 2.23. The van der Waals surface area contributed by atoms with Crippen molar-refractivity contribution in [2.75, 3.05) is 20.6 Å². The van der Waals surface area contributed by atoms with Gasteiger partial charge in [-0.15, -0.1) is 0 Å². The smallest absolute Gasteiger partial charge is 0.160 e. The van der Waals surface area contributed by atoms with E-state index in [-0.39, 0.29) is 17.8 Å². The first-order valence-corrected chi connectivity index (χ1v) is 9.20. The van der Waals surface area contributed by atoms with Crippen LogP contribution in [0.1, 0.15) is 16.7 Å². The molecular weight excluding hydrogens is 326 g/mol. The number of aliphatic hydroxyl groups excluding tert-OH is 1. The van der Waals surface area contributed by atoms with Crippen LogP contribution in [0.5, 0.6) is 5.75 Å². The molecule has 0 fully saturated rings. The number of benzene rings is 2. The molecule has 5 nitrogen and oxygen atoms in total. The van der Waals surface area contributed by atoms with Crippen molar-refractivity contribution >= 4 is 0 Å². The van der Waals surface area contributed by atoms with Crippen LogP contribution in [-0.2, 0) is 19.3 Å². The van der Waals surface area contributed by atoms with Crippen LogP contribution in [0, 0.1) is 0 Å². The van der Waals surface area contributed by atoms with Crippen LogP contribution in [0.15, 0.2) is 48.5 Å². The van der Waals surface area contributed by atoms with Gasteiger partial charge in [-0.05, 0) is 62.2 Å². The normalized spacial score (nSPS) is 16.6. The number of nitrogens with one attached hydrogen (secondary N) is 2. The monoisotopic (exact) mass is 355 g/mol. The number of aromatic hydroxyl groups is 1. The Morgan fingerprint density at radius 2 is 1.65 bits per heavy atom. The molecule has 0 aromatic heterocycles. The number of phenols is 1. The fourth-order valence-electron chi connectivity index (χ4n) is 3.55. The van der Waals surface area contributed by atoms with Gasteiger partial charge in [-0.3, -0.25) is 10.6 Å². The van der Waals surface area contributed by atoms with Gasteiger partial charge in [0.2, 0.25) is 0 Å². The Bertz CT molecular complexity index is 678. The molecule has 3 rings (SSSR count). The minimum absolute atomic E-state index is 0.247. The largest absolute Gasteiger partial charge is 0.508 e. The average Bonchev–Trinajstić information content (AvgIpc) is 3.02. The van der Waals surface area contributed by atoms with Crippen molar-refractivity contribution in [3.8, 4) is 5.75 Å². The molecule has 0 saturated carbocycles. The molecule has 0 saturated heterocycles. The molecule has 1 aliphatic rings. The number of hydrogen-bond donors (Lipinski definition) is 4. The molecule has 0 spiro atoms. The summed E-state index contributed by atoms with van der Waals surface area (Å²) in [7, 11) is 4.08. The molecule has 1 unspecified atom stereocenters. The summed E-state index contributed by atoms with van der Waals surface area (Å²) in [4.78, 5) is 2.15. The summed E-state index contributed by atoms with van der Waals surface area (Å²) in [6.45, 7) is 0.668. The van der Waals surface area contributed by atoms with E-state index in [2.05, 4.69) is 39.8 Å². The first-order valence-electron chi connectivity index (χ1n) is 9.20. The van der Waals surface area contributed by atoms with Gasteiger partial charge in [0.05, 0.1) is 0 Å². The van der Waals surface area contributed by atoms with Gasteiger partial charge in [0.25, 0.3) is 0 Å². The zero-order valence-electron chi connectivity index (χ0n) is 15.5. The van der Waals surface area contributed by atoms with E-state index < -0.39 is 6.35 Å². The summed E-state index contributed by atoms with van der Waals surface area (Å²) in [5.74, 6) is 0.283. The van der Waals surface area contributed by atoms with E-state index in [4.69, 9.17) is 0 Å². The third-order valence-corrected chi connectivity index (χ3v) is 5.13. The third-order valence-electron chi connectivity index (χ3n) is 5.13. The second-order valence-corrected chi connectivity index (χ2v) is 7.34. The summed E-state index contributed by atoms with van der Waals surface area (Å²) < 4.78 is 0. The van der Waals surface area contributed by atoms with Crippen LogP contribution >= 0.6 is 0 Å². The molecule has 0 heterocycles. The summed E-state index contributed by atoms with van der Waals surface area (Å²) in [5.41, 5.74) is 3.91. The quantitative estimate of drug-likeness (QED) is 0.540. The summed E-state index contributed by atoms with van der Waals surface area (Å²) in [5, 5.41) is 26.2. The van der Waals surface area contributed by atoms with Crippen LogP contribution in [0.25, 0.3) is 0 Å². The van der Waals surface area contributed by atoms with Gasteiger partial charge >= 0.3 is 0 Å². The second-order valence-electron chi connectivity index (χ2n) is 7.34. The molecule has 0 aliphatic heterocycles. The topological polar surface area (TPSA) is 67.8 Å². The Morgan fingerprint density at radius 1 is 1.04 bits per heavy atom. The van der Waals surface area contributed by atoms with Gasteiger partial charge in [-0.25, -0.2) is 0 Å². The number of hydrogen-bond acceptors (Lipinski definition) is 5. The van der Waals surface area contributed by atoms with Gasteiger partial charge in [0.1, 0.15) is 5.75 Å². The maximum absolute atomic E-state index is 10.3. The molecule has 26 heavy (non-hydrogen) atoms. The standard InChI is InChI=1S/C21H29N3O2/c1-24(2)19(11-15-7-9-20(25)10-8-15)14-22-21(26)23-18-12-16-5-3-4-6-17(16)13-18/h3-10,18-19,21-23,25-26H,11-14H2,1-2H3/t19-,21?/m0/s1. The van der Waals surface area contributed by atoms with E-state index in [0.717, 1.165) is 24.8 Å². The average molecular weight is 355 g/mol. The maximum Gasteiger partial charge on any atom is 0.160 e. The lowest BCUT2D eigenvalue weighted by Gasteiger charge is -2.27. The van der Waals surface area contributed by atoms with Crippen molar-refractivity contribution in [1.82, 2.24) is 15.5 Å². The molecule has 1 aliphatic carbocycles. The second kappa shape index (κ2) is 8.64. The fraction of sp³-hybridized carbons (Fsp3) is 0.429. The zero-order chi connectivity index (χ0) is 18.5. The number of aliphatic hydroxyl groups is 1. The highest BCUT2D eigenvalue weighted by atomic mass is 16.3. The first kappa shape index (κ1) is 18.9. The predicted molar refractivity (Wildman–Crippen MR) is 104 cm³/mol. The zero-order valence-corrected chi connectivity index (χ0v) is 15.5. The molecule has 0 radical (unpaired) electrons. The van der Waals surface area contributed by atoms with E-state index in [0.29, 0.717) is 6.54 Å². The molecule has 4 N–H and O–H groups in total. The van der Waals surface area contributed by atoms with Crippen LogP contribution in [-0.4, -0.2) is 54.2 Å². The van der Waals surface area contributed by atoms with Gasteiger partial charge in [0.15, 0.2) is 6.35 Å². The van der Waals surface area contributed by atoms with Gasteiger partial charge < -0.3 is 15.1 Å². The van der Waals surface area contributed by atoms with Gasteiger partial charge in [0, 0.05) is 18.6 Å². The number of fused-ring (bicyclic) bond motifs is 1. The van der Waals surface area contributed by atoms with Crippen LogP contribution in [0.2, 0.25) is 0 Å². The van der Waals surface area contributed by atoms with Crippen molar-refractivity contribution < 1.29 is 10.2 Å². The maximum atomic E-state index is 10.3. The summed E-state index contributed by atoms with van der Waals surface area (Å²) in [6, 6.07) is 16.3. The summed E-state index contributed by atoms with van der Waals surface area (Å²) in [6.07, 6.45) is 2.04. The molecule has 2 atom stereocenters. The third kappa shape index (κ3) is 5.05. The van der Waals surface area contributed by atoms with E-state index in [9.17, 15) is 10.2 Å². The Kier molecular flexibility index (Phi) is 6.27. The molecule has 2 aromatic rings. The van der Waals surface area contributed by atoms with Crippen LogP contribution in [0.3, 0.4) is 0 Å². The van der Waals surface area contributed by atoms with E-state index >= 15 is 0 Å². The lowest BCUT2D eigenvalue weighted by Crippen LogP contribution is -2.51. The van der Waals surface area contributed by atoms with Crippen molar-refractivity contribution in [1.29, 1.82) is 0 Å². The Labute approximate surface area is 155 Å². The van der Waals surface area contributed by atoms with Gasteiger partial charge in [-0.2, -0.15) is 0 Å². The Morgan fingerprint density at radius 3 is 2.23 bits per heavy atom. The van der Waals surface area contributed by atoms with E-state index in [1.165, 1.54) is 11.1 Å². The SMILES string of the molecule is CN(C)[C@H](CNC(O)NC1Cc2ccccc2C1)Cc1ccc(O)cc1. The number of rotatable bonds is 8. The predicted octanol–water partition coefficient (Wildman–Crippen LogP) is 1.49. The first-order chi connectivity index (χ1) is 12.5. The van der Waals surface area contributed by atoms with E-state index in [1.54, 1.807) is 12.1 Å². The number of nitrogens with zero attached hydrogens (tertiary/aromatic N) is 1. The highest BCUT2D eigenvalue weighted by molar-refractivity contribution is 5.33. The molecule has 2 aromatic carbocycles. The molecule has 140 valence electrons. The minimum Gasteiger partial charge on any atom is -0.508 e. The molecule has 0 amide bonds.